The van der Waals surface area contributed by atoms with Crippen LogP contribution in [-0.2, 0) is 0 Å². The minimum Gasteiger partial charge on any atom is -0.508 e. The van der Waals surface area contributed by atoms with Gasteiger partial charge in [-0.15, -0.1) is 0 Å². The summed E-state index contributed by atoms with van der Waals surface area (Å²) in [5, 5.41) is 28.4. The number of ether oxygens (including phenoxy) is 1. The van der Waals surface area contributed by atoms with Gasteiger partial charge in [-0.3, -0.25) is 24.4 Å². The average Bonchev–Trinajstić information content (AvgIpc) is 2.90. The molecule has 1 atom stereocenters. The molecule has 2 aromatic heterocycles. The fourth-order valence-electron chi connectivity index (χ4n) is 3.33. The number of hydrogen-bond donors (Lipinski definition) is 5. The van der Waals surface area contributed by atoms with Crippen LogP contribution >= 0.6 is 0 Å². The highest BCUT2D eigenvalue weighted by Gasteiger charge is 2.30. The van der Waals surface area contributed by atoms with Gasteiger partial charge < -0.3 is 31.5 Å². The third-order valence-corrected chi connectivity index (χ3v) is 5.18. The molecule has 2 amide bonds. The molecule has 3 heterocycles. The van der Waals surface area contributed by atoms with Gasteiger partial charge in [0.2, 0.25) is 11.8 Å². The summed E-state index contributed by atoms with van der Waals surface area (Å²) < 4.78 is 5.67. The number of pyridine rings is 2. The second kappa shape index (κ2) is 12.5. The van der Waals surface area contributed by atoms with E-state index in [1.165, 1.54) is 43.0 Å². The zero-order valence-corrected chi connectivity index (χ0v) is 19.9. The second-order valence-electron chi connectivity index (χ2n) is 7.86. The smallest absolute Gasteiger partial charge is 0.248 e. The second-order valence-corrected chi connectivity index (χ2v) is 7.86. The molecule has 5 rings (SSSR count). The molecule has 0 saturated carbocycles. The number of benzene rings is 2. The van der Waals surface area contributed by atoms with Crippen molar-refractivity contribution in [3.63, 3.8) is 0 Å². The first kappa shape index (κ1) is 27.1. The first-order chi connectivity index (χ1) is 18.2. The fraction of sp³-hybridized carbons (Fsp3) is 0.0741. The van der Waals surface area contributed by atoms with E-state index in [2.05, 4.69) is 9.97 Å². The lowest BCUT2D eigenvalue weighted by atomic mass is 9.95. The van der Waals surface area contributed by atoms with Crippen LogP contribution < -0.4 is 16.2 Å². The van der Waals surface area contributed by atoms with Gasteiger partial charge in [0.15, 0.2) is 5.78 Å². The Morgan fingerprint density at radius 3 is 1.71 bits per heavy atom. The van der Waals surface area contributed by atoms with Crippen LogP contribution in [0.4, 0.5) is 0 Å². The molecule has 38 heavy (non-hydrogen) atoms. The van der Waals surface area contributed by atoms with Crippen molar-refractivity contribution in [3.05, 3.63) is 108 Å². The molecule has 4 aromatic rings. The van der Waals surface area contributed by atoms with Crippen molar-refractivity contribution >= 4 is 17.6 Å². The lowest BCUT2D eigenvalue weighted by Gasteiger charge is -2.26. The number of nitrogens with two attached hydrogens (primary N) is 2. The highest BCUT2D eigenvalue weighted by atomic mass is 16.5. The molecule has 0 aliphatic carbocycles. The van der Waals surface area contributed by atoms with Crippen molar-refractivity contribution in [2.75, 3.05) is 0 Å². The summed E-state index contributed by atoms with van der Waals surface area (Å²) in [5.41, 5.74) is 11.7. The number of phenolic OH excluding ortho intramolecular Hbond substituents is 3. The summed E-state index contributed by atoms with van der Waals surface area (Å²) in [6.45, 7) is 0. The number of rotatable bonds is 3. The molecule has 2 aromatic carbocycles. The number of ketones is 1. The summed E-state index contributed by atoms with van der Waals surface area (Å²) in [4.78, 5) is 40.3. The molecular weight excluding hydrogens is 492 g/mol. The molecule has 0 spiro atoms. The Labute approximate surface area is 217 Å². The van der Waals surface area contributed by atoms with E-state index in [1.54, 1.807) is 36.4 Å². The van der Waals surface area contributed by atoms with Gasteiger partial charge in [-0.25, -0.2) is 0 Å². The van der Waals surface area contributed by atoms with Gasteiger partial charge in [0.05, 0.1) is 6.42 Å². The Balaban J connectivity index is 0.000000184. The molecule has 11 nitrogen and oxygen atoms in total. The van der Waals surface area contributed by atoms with E-state index >= 15 is 0 Å². The highest BCUT2D eigenvalue weighted by molar-refractivity contribution is 6.02. The Kier molecular flexibility index (Phi) is 8.92. The minimum absolute atomic E-state index is 0.0934. The molecule has 0 radical (unpaired) electrons. The van der Waals surface area contributed by atoms with Crippen LogP contribution in [0.5, 0.6) is 23.0 Å². The molecule has 0 saturated heterocycles. The Bertz CT molecular complexity index is 1360. The van der Waals surface area contributed by atoms with Gasteiger partial charge in [-0.2, -0.15) is 0 Å². The zero-order valence-electron chi connectivity index (χ0n) is 19.9. The molecule has 11 heteroatoms. The number of phenols is 3. The van der Waals surface area contributed by atoms with Crippen LogP contribution in [0.25, 0.3) is 0 Å². The maximum Gasteiger partial charge on any atom is 0.248 e. The van der Waals surface area contributed by atoms with Crippen LogP contribution in [0.15, 0.2) is 85.5 Å². The van der Waals surface area contributed by atoms with E-state index in [4.69, 9.17) is 16.2 Å². The van der Waals surface area contributed by atoms with E-state index in [9.17, 15) is 29.7 Å². The predicted octanol–water partition coefficient (Wildman–Crippen LogP) is 2.87. The molecule has 0 fully saturated rings. The summed E-state index contributed by atoms with van der Waals surface area (Å²) >= 11 is 0. The molecule has 0 bridgehead atoms. The number of carbonyl (C=O) groups is 3. The van der Waals surface area contributed by atoms with Gasteiger partial charge in [0.1, 0.15) is 34.7 Å². The SMILES string of the molecule is NC(=O)c1ccncc1.NC(=O)c1ccncc1.O=C1C[C@@H](c2ccc(O)cc2)Oc2cc(O)cc(O)c21. The van der Waals surface area contributed by atoms with Crippen LogP contribution in [0.2, 0.25) is 0 Å². The number of nitrogens with zero attached hydrogens (tertiary/aromatic N) is 2. The number of hydrogen-bond acceptors (Lipinski definition) is 9. The van der Waals surface area contributed by atoms with Gasteiger partial charge in [0.25, 0.3) is 0 Å². The normalized spacial score (nSPS) is 13.4. The molecule has 1 aliphatic rings. The Morgan fingerprint density at radius 1 is 0.763 bits per heavy atom. The van der Waals surface area contributed by atoms with Crippen molar-refractivity contribution in [1.29, 1.82) is 0 Å². The summed E-state index contributed by atoms with van der Waals surface area (Å²) in [6, 6.07) is 15.1. The Morgan fingerprint density at radius 2 is 1.26 bits per heavy atom. The first-order valence-corrected chi connectivity index (χ1v) is 11.1. The maximum absolute atomic E-state index is 12.1. The third kappa shape index (κ3) is 7.28. The van der Waals surface area contributed by atoms with Crippen LogP contribution in [-0.4, -0.2) is 42.9 Å². The van der Waals surface area contributed by atoms with Gasteiger partial charge in [-0.1, -0.05) is 12.1 Å². The van der Waals surface area contributed by atoms with Crippen LogP contribution in [0, 0.1) is 0 Å². The molecule has 0 unspecified atom stereocenters. The lowest BCUT2D eigenvalue weighted by Crippen LogP contribution is -2.20. The molecule has 194 valence electrons. The van der Waals surface area contributed by atoms with Crippen molar-refractivity contribution in [2.45, 2.75) is 12.5 Å². The van der Waals surface area contributed by atoms with E-state index in [-0.39, 0.29) is 40.8 Å². The van der Waals surface area contributed by atoms with E-state index in [0.717, 1.165) is 11.6 Å². The largest absolute Gasteiger partial charge is 0.508 e. The monoisotopic (exact) mass is 516 g/mol. The lowest BCUT2D eigenvalue weighted by molar-refractivity contribution is 0.0844. The van der Waals surface area contributed by atoms with Gasteiger partial charge in [0, 0.05) is 48.0 Å². The van der Waals surface area contributed by atoms with Crippen molar-refractivity contribution < 1.29 is 34.4 Å². The molecule has 1 aliphatic heterocycles. The standard InChI is InChI=1S/C15H12O5.2C6H6N2O/c16-9-3-1-8(2-4-9)13-7-12(19)15-11(18)5-10(17)6-14(15)20-13;2*7-6(9)5-1-3-8-4-2-5/h1-6,13,16-18H,7H2;2*1-4H,(H2,7,9)/t13-;;/m0../s1. The van der Waals surface area contributed by atoms with Crippen LogP contribution in [0.1, 0.15) is 49.2 Å². The quantitative estimate of drug-likeness (QED) is 0.271. The average molecular weight is 517 g/mol. The molecular formula is C27H24N4O7. The predicted molar refractivity (Wildman–Crippen MR) is 136 cm³/mol. The number of Topliss-reactive ketones (excluding diaryl/α,β-unsaturated/α-hetero) is 1. The van der Waals surface area contributed by atoms with Crippen molar-refractivity contribution in [1.82, 2.24) is 9.97 Å². The Hall–Kier alpha value is -5.45. The minimum atomic E-state index is -0.503. The topological polar surface area (TPSA) is 199 Å². The third-order valence-electron chi connectivity index (χ3n) is 5.18. The van der Waals surface area contributed by atoms with E-state index < -0.39 is 17.9 Å². The first-order valence-electron chi connectivity index (χ1n) is 11.1. The number of aromatic hydroxyl groups is 3. The highest BCUT2D eigenvalue weighted by Crippen LogP contribution is 2.41. The number of fused-ring (bicyclic) bond motifs is 1. The summed E-state index contributed by atoms with van der Waals surface area (Å²) in [5.74, 6) is -1.24. The van der Waals surface area contributed by atoms with Crippen LogP contribution in [0.3, 0.4) is 0 Å². The van der Waals surface area contributed by atoms with E-state index in [0.29, 0.717) is 11.1 Å². The fourth-order valence-corrected chi connectivity index (χ4v) is 3.33. The van der Waals surface area contributed by atoms with Gasteiger partial charge >= 0.3 is 0 Å². The number of amides is 2. The number of carbonyl (C=O) groups excluding carboxylic acids is 3. The van der Waals surface area contributed by atoms with Crippen molar-refractivity contribution in [3.8, 4) is 23.0 Å². The zero-order chi connectivity index (χ0) is 27.7. The summed E-state index contributed by atoms with van der Waals surface area (Å²) in [7, 11) is 0. The number of primary amides is 2. The molecule has 7 N–H and O–H groups in total. The number of aromatic nitrogens is 2. The summed E-state index contributed by atoms with van der Waals surface area (Å²) in [6.07, 6.45) is 5.70. The van der Waals surface area contributed by atoms with Crippen molar-refractivity contribution in [2.24, 2.45) is 11.5 Å². The van der Waals surface area contributed by atoms with E-state index in [1.807, 2.05) is 0 Å². The maximum atomic E-state index is 12.1. The van der Waals surface area contributed by atoms with Gasteiger partial charge in [-0.05, 0) is 42.0 Å².